The number of carbonyl (C=O) groups is 3. The van der Waals surface area contributed by atoms with E-state index in [4.69, 9.17) is 5.11 Å². The van der Waals surface area contributed by atoms with Gasteiger partial charge in [-0.15, -0.1) is 0 Å². The number of hydrogen-bond acceptors (Lipinski definition) is 7. The Balaban J connectivity index is 0.000000244. The number of rotatable bonds is 9. The normalized spacial score (nSPS) is 18.8. The quantitative estimate of drug-likeness (QED) is 0.282. The standard InChI is InChI=1S/C21H24FN3O4S.C12H14FNO4S/c22-17-10-12-18(13-11-17)30(28,29)25-15-5-4-8-19(25)21(27)24-23-20(26)14-9-16-6-2-1-3-7-16;13-9-4-6-10(7-5-9)19(17,18)14-8-2-1-3-11(14)12(15)16/h1-3,6-7,10-13,19H,4-5,8-9,14-15H2,(H,23,26)(H,24,27);4-7,11H,1-3,8H2,(H,15,16)/t19-;11-/m00/s1. The minimum absolute atomic E-state index is 0.0736. The van der Waals surface area contributed by atoms with E-state index in [0.29, 0.717) is 44.9 Å². The molecule has 2 fully saturated rings. The third kappa shape index (κ3) is 9.90. The Morgan fingerprint density at radius 3 is 1.63 bits per heavy atom. The molecule has 0 bridgehead atoms. The smallest absolute Gasteiger partial charge is 0.322 e. The van der Waals surface area contributed by atoms with Gasteiger partial charge in [-0.3, -0.25) is 25.2 Å². The van der Waals surface area contributed by atoms with Gasteiger partial charge in [0.2, 0.25) is 26.0 Å². The Kier molecular flexibility index (Phi) is 13.0. The van der Waals surface area contributed by atoms with Crippen molar-refractivity contribution in [3.8, 4) is 0 Å². The molecule has 3 aromatic rings. The fourth-order valence-corrected chi connectivity index (χ4v) is 8.87. The molecule has 12 nitrogen and oxygen atoms in total. The molecule has 0 unspecified atom stereocenters. The highest BCUT2D eigenvalue weighted by Gasteiger charge is 2.39. The van der Waals surface area contributed by atoms with E-state index in [-0.39, 0.29) is 35.2 Å². The second-order valence-corrected chi connectivity index (χ2v) is 15.3. The first-order chi connectivity index (χ1) is 23.3. The number of amides is 2. The molecule has 0 saturated carbocycles. The second-order valence-electron chi connectivity index (χ2n) is 11.5. The summed E-state index contributed by atoms with van der Waals surface area (Å²) in [6.07, 6.45) is 3.98. The lowest BCUT2D eigenvalue weighted by molar-refractivity contribution is -0.142. The molecule has 264 valence electrons. The van der Waals surface area contributed by atoms with Gasteiger partial charge in [0.05, 0.1) is 9.79 Å². The van der Waals surface area contributed by atoms with Gasteiger partial charge in [-0.25, -0.2) is 25.6 Å². The number of carbonyl (C=O) groups excluding carboxylic acids is 2. The minimum Gasteiger partial charge on any atom is -0.480 e. The summed E-state index contributed by atoms with van der Waals surface area (Å²) in [4.78, 5) is 35.6. The predicted octanol–water partition coefficient (Wildman–Crippen LogP) is 3.60. The molecule has 0 aliphatic carbocycles. The van der Waals surface area contributed by atoms with Crippen LogP contribution in [0.3, 0.4) is 0 Å². The van der Waals surface area contributed by atoms with Gasteiger partial charge in [0.25, 0.3) is 5.91 Å². The lowest BCUT2D eigenvalue weighted by Gasteiger charge is -2.33. The third-order valence-electron chi connectivity index (χ3n) is 8.14. The van der Waals surface area contributed by atoms with Crippen molar-refractivity contribution in [2.75, 3.05) is 13.1 Å². The van der Waals surface area contributed by atoms with Crippen LogP contribution in [0.5, 0.6) is 0 Å². The number of carboxylic acids is 1. The van der Waals surface area contributed by atoms with Gasteiger partial charge in [0.1, 0.15) is 23.7 Å². The zero-order valence-corrected chi connectivity index (χ0v) is 28.1. The SMILES string of the molecule is O=C(CCc1ccccc1)NNC(=O)[C@@H]1CCCCN1S(=O)(=O)c1ccc(F)cc1.O=C(O)[C@@H]1CCCCN1S(=O)(=O)c1ccc(F)cc1. The summed E-state index contributed by atoms with van der Waals surface area (Å²) in [5.74, 6) is -3.18. The van der Waals surface area contributed by atoms with Crippen molar-refractivity contribution in [1.82, 2.24) is 19.5 Å². The topological polar surface area (TPSA) is 170 Å². The van der Waals surface area contributed by atoms with Crippen LogP contribution >= 0.6 is 0 Å². The largest absolute Gasteiger partial charge is 0.480 e. The lowest BCUT2D eigenvalue weighted by atomic mass is 10.0. The van der Waals surface area contributed by atoms with Crippen molar-refractivity contribution in [2.45, 2.75) is 73.2 Å². The van der Waals surface area contributed by atoms with Crippen LogP contribution in [-0.4, -0.2) is 73.5 Å². The molecule has 3 aromatic carbocycles. The number of hydrogen-bond donors (Lipinski definition) is 3. The fraction of sp³-hybridized carbons (Fsp3) is 0.364. The van der Waals surface area contributed by atoms with Crippen molar-refractivity contribution in [3.63, 3.8) is 0 Å². The average Bonchev–Trinajstić information content (AvgIpc) is 3.10. The minimum atomic E-state index is -3.96. The summed E-state index contributed by atoms with van der Waals surface area (Å²) in [5, 5.41) is 9.10. The van der Waals surface area contributed by atoms with E-state index >= 15 is 0 Å². The van der Waals surface area contributed by atoms with Crippen LogP contribution < -0.4 is 10.9 Å². The number of sulfonamides is 2. The number of piperidine rings is 2. The monoisotopic (exact) mass is 720 g/mol. The molecule has 2 amide bonds. The van der Waals surface area contributed by atoms with Gasteiger partial charge in [0.15, 0.2) is 0 Å². The van der Waals surface area contributed by atoms with Crippen molar-refractivity contribution < 1.29 is 45.1 Å². The second kappa shape index (κ2) is 16.9. The highest BCUT2D eigenvalue weighted by atomic mass is 32.2. The van der Waals surface area contributed by atoms with Crippen molar-refractivity contribution in [2.24, 2.45) is 0 Å². The number of halogens is 2. The van der Waals surface area contributed by atoms with E-state index in [1.807, 2.05) is 30.3 Å². The highest BCUT2D eigenvalue weighted by Crippen LogP contribution is 2.27. The van der Waals surface area contributed by atoms with Crippen LogP contribution in [0.15, 0.2) is 88.7 Å². The van der Waals surface area contributed by atoms with Crippen molar-refractivity contribution in [3.05, 3.63) is 96.1 Å². The molecule has 0 aromatic heterocycles. The Hall–Kier alpha value is -4.25. The number of nitrogens with zero attached hydrogens (tertiary/aromatic N) is 2. The Morgan fingerprint density at radius 1 is 0.673 bits per heavy atom. The molecule has 3 N–H and O–H groups in total. The maximum Gasteiger partial charge on any atom is 0.322 e. The maximum atomic E-state index is 13.2. The van der Waals surface area contributed by atoms with E-state index in [0.717, 1.165) is 50.6 Å². The molecule has 2 saturated heterocycles. The molecule has 2 aliphatic rings. The van der Waals surface area contributed by atoms with Gasteiger partial charge in [0, 0.05) is 19.5 Å². The molecule has 49 heavy (non-hydrogen) atoms. The number of aryl methyl sites for hydroxylation is 1. The van der Waals surface area contributed by atoms with Crippen LogP contribution in [0.1, 0.15) is 50.5 Å². The highest BCUT2D eigenvalue weighted by molar-refractivity contribution is 7.89. The number of hydrazine groups is 1. The van der Waals surface area contributed by atoms with Crippen LogP contribution in [0.2, 0.25) is 0 Å². The van der Waals surface area contributed by atoms with Crippen LogP contribution in [0, 0.1) is 11.6 Å². The van der Waals surface area contributed by atoms with Gasteiger partial charge in [-0.1, -0.05) is 36.8 Å². The van der Waals surface area contributed by atoms with Gasteiger partial charge in [-0.2, -0.15) is 8.61 Å². The van der Waals surface area contributed by atoms with Crippen LogP contribution in [0.4, 0.5) is 8.78 Å². The first-order valence-electron chi connectivity index (χ1n) is 15.7. The summed E-state index contributed by atoms with van der Waals surface area (Å²) in [6, 6.07) is 16.4. The number of benzene rings is 3. The molecule has 2 aliphatic heterocycles. The summed E-state index contributed by atoms with van der Waals surface area (Å²) in [7, 11) is -7.85. The summed E-state index contributed by atoms with van der Waals surface area (Å²) in [5.41, 5.74) is 5.71. The molecule has 16 heteroatoms. The summed E-state index contributed by atoms with van der Waals surface area (Å²) < 4.78 is 78.7. The molecule has 0 spiro atoms. The zero-order valence-electron chi connectivity index (χ0n) is 26.5. The molecule has 0 radical (unpaired) electrons. The Labute approximate surface area is 284 Å². The molecular formula is C33H38F2N4O8S2. The van der Waals surface area contributed by atoms with Crippen LogP contribution in [-0.2, 0) is 40.9 Å². The Bertz CT molecular complexity index is 1810. The molecule has 2 atom stereocenters. The van der Waals surface area contributed by atoms with Crippen LogP contribution in [0.25, 0.3) is 0 Å². The first kappa shape index (κ1) is 37.6. The third-order valence-corrected chi connectivity index (χ3v) is 12.0. The van der Waals surface area contributed by atoms with Gasteiger partial charge < -0.3 is 5.11 Å². The van der Waals surface area contributed by atoms with E-state index in [1.54, 1.807) is 0 Å². The average molecular weight is 721 g/mol. The Morgan fingerprint density at radius 2 is 1.14 bits per heavy atom. The number of aliphatic carboxylic acids is 1. The number of carboxylic acid groups (broad SMARTS) is 1. The van der Waals surface area contributed by atoms with Crippen molar-refractivity contribution in [1.29, 1.82) is 0 Å². The van der Waals surface area contributed by atoms with E-state index < -0.39 is 55.6 Å². The fourth-order valence-electron chi connectivity index (χ4n) is 5.56. The van der Waals surface area contributed by atoms with Gasteiger partial charge >= 0.3 is 5.97 Å². The molecule has 5 rings (SSSR count). The van der Waals surface area contributed by atoms with Gasteiger partial charge in [-0.05, 0) is 92.6 Å². The maximum absolute atomic E-state index is 13.2. The van der Waals surface area contributed by atoms with E-state index in [1.165, 1.54) is 12.1 Å². The molecule has 2 heterocycles. The van der Waals surface area contributed by atoms with E-state index in [9.17, 15) is 40.0 Å². The zero-order chi connectivity index (χ0) is 35.6. The molecular weight excluding hydrogens is 683 g/mol. The summed E-state index contributed by atoms with van der Waals surface area (Å²) >= 11 is 0. The summed E-state index contributed by atoms with van der Waals surface area (Å²) in [6.45, 7) is 0.358. The van der Waals surface area contributed by atoms with E-state index in [2.05, 4.69) is 10.9 Å². The first-order valence-corrected chi connectivity index (χ1v) is 18.6. The lowest BCUT2D eigenvalue weighted by Crippen LogP contribution is -2.55. The number of nitrogens with one attached hydrogen (secondary N) is 2. The van der Waals surface area contributed by atoms with Crippen molar-refractivity contribution >= 4 is 37.8 Å². The predicted molar refractivity (Wildman–Crippen MR) is 175 cm³/mol.